The first-order chi connectivity index (χ1) is 10.8. The van der Waals surface area contributed by atoms with E-state index in [-0.39, 0.29) is 11.8 Å². The van der Waals surface area contributed by atoms with Crippen LogP contribution in [0.2, 0.25) is 0 Å². The van der Waals surface area contributed by atoms with Crippen molar-refractivity contribution in [3.63, 3.8) is 0 Å². The van der Waals surface area contributed by atoms with E-state index in [1.807, 2.05) is 25.5 Å². The van der Waals surface area contributed by atoms with Gasteiger partial charge in [0, 0.05) is 39.3 Å². The van der Waals surface area contributed by atoms with Gasteiger partial charge in [-0.3, -0.25) is 14.3 Å². The molecular weight excluding hydrogens is 296 g/mol. The van der Waals surface area contributed by atoms with Crippen molar-refractivity contribution in [1.82, 2.24) is 19.6 Å². The van der Waals surface area contributed by atoms with E-state index in [4.69, 9.17) is 4.74 Å². The number of aryl methyl sites for hydroxylation is 2. The largest absolute Gasteiger partial charge is 0.365 e. The summed E-state index contributed by atoms with van der Waals surface area (Å²) in [6, 6.07) is 0. The SMILES string of the molecule is Cc1nn(CCC(=O)N2CCOC(C(=O)N(C)C)C2)c(C)c1C. The number of likely N-dealkylation sites (N-methyl/N-ethyl adjacent to an activating group) is 1. The van der Waals surface area contributed by atoms with Crippen LogP contribution < -0.4 is 0 Å². The molecule has 2 amide bonds. The van der Waals surface area contributed by atoms with Gasteiger partial charge in [0.2, 0.25) is 5.91 Å². The maximum Gasteiger partial charge on any atom is 0.253 e. The molecule has 0 spiro atoms. The molecule has 1 aliphatic rings. The molecule has 1 unspecified atom stereocenters. The Morgan fingerprint density at radius 2 is 2.00 bits per heavy atom. The molecule has 2 rings (SSSR count). The minimum Gasteiger partial charge on any atom is -0.365 e. The van der Waals surface area contributed by atoms with Crippen LogP contribution in [0.1, 0.15) is 23.4 Å². The highest BCUT2D eigenvalue weighted by molar-refractivity contribution is 5.82. The van der Waals surface area contributed by atoms with Crippen molar-refractivity contribution in [3.05, 3.63) is 17.0 Å². The molecule has 2 heterocycles. The summed E-state index contributed by atoms with van der Waals surface area (Å²) in [6.07, 6.45) is -0.178. The molecule has 128 valence electrons. The molecule has 0 radical (unpaired) electrons. The molecule has 0 N–H and O–H groups in total. The lowest BCUT2D eigenvalue weighted by Crippen LogP contribution is -2.51. The predicted molar refractivity (Wildman–Crippen MR) is 86.1 cm³/mol. The van der Waals surface area contributed by atoms with E-state index in [2.05, 4.69) is 5.10 Å². The number of carbonyl (C=O) groups excluding carboxylic acids is 2. The lowest BCUT2D eigenvalue weighted by atomic mass is 10.2. The van der Waals surface area contributed by atoms with Crippen LogP contribution in [0.3, 0.4) is 0 Å². The second-order valence-electron chi connectivity index (χ2n) is 6.20. The molecule has 0 aromatic carbocycles. The molecule has 1 aromatic rings. The highest BCUT2D eigenvalue weighted by atomic mass is 16.5. The fourth-order valence-corrected chi connectivity index (χ4v) is 2.68. The molecular formula is C16H26N4O3. The molecule has 1 aromatic heterocycles. The summed E-state index contributed by atoms with van der Waals surface area (Å²) in [5.74, 6) is -0.0632. The van der Waals surface area contributed by atoms with Crippen molar-refractivity contribution in [2.24, 2.45) is 0 Å². The highest BCUT2D eigenvalue weighted by Gasteiger charge is 2.30. The molecule has 1 aliphatic heterocycles. The van der Waals surface area contributed by atoms with Gasteiger partial charge in [-0.25, -0.2) is 0 Å². The summed E-state index contributed by atoms with van der Waals surface area (Å²) in [7, 11) is 3.38. The zero-order valence-electron chi connectivity index (χ0n) is 14.6. The predicted octanol–water partition coefficient (Wildman–Crippen LogP) is 0.514. The summed E-state index contributed by atoms with van der Waals surface area (Å²) in [4.78, 5) is 27.6. The molecule has 0 bridgehead atoms. The van der Waals surface area contributed by atoms with Gasteiger partial charge in [-0.05, 0) is 26.3 Å². The molecule has 23 heavy (non-hydrogen) atoms. The Hall–Kier alpha value is -1.89. The fraction of sp³-hybridized carbons (Fsp3) is 0.688. The van der Waals surface area contributed by atoms with E-state index in [9.17, 15) is 9.59 Å². The summed E-state index contributed by atoms with van der Waals surface area (Å²) >= 11 is 0. The maximum atomic E-state index is 12.4. The molecule has 0 saturated carbocycles. The Morgan fingerprint density at radius 3 is 2.57 bits per heavy atom. The van der Waals surface area contributed by atoms with Crippen LogP contribution >= 0.6 is 0 Å². The Kier molecular flexibility index (Phi) is 5.41. The number of amides is 2. The van der Waals surface area contributed by atoms with E-state index in [0.717, 1.165) is 11.4 Å². The second kappa shape index (κ2) is 7.12. The van der Waals surface area contributed by atoms with Gasteiger partial charge in [-0.1, -0.05) is 0 Å². The van der Waals surface area contributed by atoms with Crippen molar-refractivity contribution < 1.29 is 14.3 Å². The van der Waals surface area contributed by atoms with Crippen LogP contribution in [-0.4, -0.2) is 71.3 Å². The van der Waals surface area contributed by atoms with E-state index in [0.29, 0.717) is 32.7 Å². The first-order valence-electron chi connectivity index (χ1n) is 7.92. The van der Waals surface area contributed by atoms with Gasteiger partial charge in [-0.15, -0.1) is 0 Å². The van der Waals surface area contributed by atoms with Gasteiger partial charge in [-0.2, -0.15) is 5.10 Å². The van der Waals surface area contributed by atoms with Gasteiger partial charge in [0.25, 0.3) is 5.91 Å². The van der Waals surface area contributed by atoms with Crippen molar-refractivity contribution in [2.45, 2.75) is 39.8 Å². The van der Waals surface area contributed by atoms with Gasteiger partial charge in [0.05, 0.1) is 18.8 Å². The van der Waals surface area contributed by atoms with E-state index >= 15 is 0 Å². The third kappa shape index (κ3) is 3.90. The third-order valence-corrected chi connectivity index (χ3v) is 4.42. The summed E-state index contributed by atoms with van der Waals surface area (Å²) in [5.41, 5.74) is 3.26. The van der Waals surface area contributed by atoms with Crippen LogP contribution in [0, 0.1) is 20.8 Å². The molecule has 1 saturated heterocycles. The summed E-state index contributed by atoms with van der Waals surface area (Å²) in [5, 5.41) is 4.45. The standard InChI is InChI=1S/C16H26N4O3/c1-11-12(2)17-20(13(11)3)7-6-15(21)19-8-9-23-14(10-19)16(22)18(4)5/h14H,6-10H2,1-5H3. The first kappa shape index (κ1) is 17.5. The van der Waals surface area contributed by atoms with E-state index in [1.165, 1.54) is 10.5 Å². The van der Waals surface area contributed by atoms with Crippen LogP contribution in [0.15, 0.2) is 0 Å². The number of hydrogen-bond donors (Lipinski definition) is 0. The molecule has 1 fully saturated rings. The quantitative estimate of drug-likeness (QED) is 0.810. The zero-order valence-corrected chi connectivity index (χ0v) is 14.6. The van der Waals surface area contributed by atoms with Gasteiger partial charge >= 0.3 is 0 Å². The monoisotopic (exact) mass is 322 g/mol. The molecule has 0 aliphatic carbocycles. The Morgan fingerprint density at radius 1 is 1.30 bits per heavy atom. The van der Waals surface area contributed by atoms with Gasteiger partial charge < -0.3 is 14.5 Å². The lowest BCUT2D eigenvalue weighted by molar-refractivity contribution is -0.152. The van der Waals surface area contributed by atoms with E-state index < -0.39 is 6.10 Å². The topological polar surface area (TPSA) is 67.7 Å². The van der Waals surface area contributed by atoms with Crippen molar-refractivity contribution >= 4 is 11.8 Å². The average molecular weight is 322 g/mol. The number of morpholine rings is 1. The average Bonchev–Trinajstić information content (AvgIpc) is 2.79. The van der Waals surface area contributed by atoms with Gasteiger partial charge in [0.1, 0.15) is 0 Å². The first-order valence-corrected chi connectivity index (χ1v) is 7.92. The van der Waals surface area contributed by atoms with Crippen molar-refractivity contribution in [3.8, 4) is 0 Å². The van der Waals surface area contributed by atoms with Crippen LogP contribution in [0.4, 0.5) is 0 Å². The number of nitrogens with zero attached hydrogens (tertiary/aromatic N) is 4. The molecule has 7 nitrogen and oxygen atoms in total. The number of ether oxygens (including phenoxy) is 1. The maximum absolute atomic E-state index is 12.4. The lowest BCUT2D eigenvalue weighted by Gasteiger charge is -2.33. The van der Waals surface area contributed by atoms with Crippen LogP contribution in [0.25, 0.3) is 0 Å². The Bertz CT molecular complexity index is 594. The molecule has 1 atom stereocenters. The Balaban J connectivity index is 1.92. The number of aromatic nitrogens is 2. The smallest absolute Gasteiger partial charge is 0.253 e. The van der Waals surface area contributed by atoms with Crippen molar-refractivity contribution in [1.29, 1.82) is 0 Å². The minimum absolute atomic E-state index is 0.0371. The molecule has 7 heteroatoms. The third-order valence-electron chi connectivity index (χ3n) is 4.42. The second-order valence-corrected chi connectivity index (χ2v) is 6.20. The van der Waals surface area contributed by atoms with Gasteiger partial charge in [0.15, 0.2) is 6.10 Å². The number of carbonyl (C=O) groups is 2. The van der Waals surface area contributed by atoms with Crippen LogP contribution in [-0.2, 0) is 20.9 Å². The normalized spacial score (nSPS) is 18.1. The fourth-order valence-electron chi connectivity index (χ4n) is 2.68. The van der Waals surface area contributed by atoms with Crippen LogP contribution in [0.5, 0.6) is 0 Å². The zero-order chi connectivity index (χ0) is 17.1. The minimum atomic E-state index is -0.557. The summed E-state index contributed by atoms with van der Waals surface area (Å²) in [6.45, 7) is 7.84. The summed E-state index contributed by atoms with van der Waals surface area (Å²) < 4.78 is 7.36. The number of rotatable bonds is 4. The van der Waals surface area contributed by atoms with Crippen molar-refractivity contribution in [2.75, 3.05) is 33.8 Å². The number of hydrogen-bond acceptors (Lipinski definition) is 4. The highest BCUT2D eigenvalue weighted by Crippen LogP contribution is 2.13. The Labute approximate surface area is 137 Å². The van der Waals surface area contributed by atoms with E-state index in [1.54, 1.807) is 19.0 Å².